The zero-order valence-electron chi connectivity index (χ0n) is 22.1. The number of amides is 1. The van der Waals surface area contributed by atoms with E-state index in [0.29, 0.717) is 43.2 Å². The molecule has 0 radical (unpaired) electrons. The molecule has 4 rings (SSSR count). The number of hydrogen-bond acceptors (Lipinski definition) is 7. The van der Waals surface area contributed by atoms with Gasteiger partial charge in [0.1, 0.15) is 0 Å². The average molecular weight is 538 g/mol. The van der Waals surface area contributed by atoms with Crippen LogP contribution in [0.25, 0.3) is 16.9 Å². The molecule has 0 aliphatic rings. The van der Waals surface area contributed by atoms with Crippen LogP contribution in [0.15, 0.2) is 48.9 Å². The van der Waals surface area contributed by atoms with Gasteiger partial charge in [-0.25, -0.2) is 14.4 Å². The van der Waals surface area contributed by atoms with E-state index in [9.17, 15) is 13.6 Å². The smallest absolute Gasteiger partial charge is 0.220 e. The molecule has 5 N–H and O–H groups in total. The standard InChI is InChI=1S/C28H33F2N7O2/c1-3-18-16-19(7-9-21(18)32-12-13-33-24(38)6-4-5-11-31)36-27-28-35-17-22(37(28)15-14-34-27)20-8-10-23(39-2)26(30)25(20)29/h7-10,14-17,32H,3-6,11-13,31H2,1-2H3,(H,33,38)(H,34,36). The number of carbonyl (C=O) groups is 1. The third-order valence-corrected chi connectivity index (χ3v) is 6.34. The van der Waals surface area contributed by atoms with E-state index in [1.165, 1.54) is 25.4 Å². The molecule has 0 spiro atoms. The van der Waals surface area contributed by atoms with Crippen molar-refractivity contribution in [1.82, 2.24) is 19.7 Å². The second kappa shape index (κ2) is 13.0. The zero-order valence-corrected chi connectivity index (χ0v) is 22.1. The van der Waals surface area contributed by atoms with Gasteiger partial charge in [0.15, 0.2) is 23.0 Å². The molecule has 2 aromatic carbocycles. The van der Waals surface area contributed by atoms with Gasteiger partial charge in [0.2, 0.25) is 11.7 Å². The van der Waals surface area contributed by atoms with Crippen LogP contribution in [0.1, 0.15) is 31.7 Å². The summed E-state index contributed by atoms with van der Waals surface area (Å²) < 4.78 is 35.6. The third-order valence-electron chi connectivity index (χ3n) is 6.34. The average Bonchev–Trinajstić information content (AvgIpc) is 3.38. The minimum atomic E-state index is -1.05. The number of methoxy groups -OCH3 is 1. The Morgan fingerprint density at radius 2 is 1.95 bits per heavy atom. The predicted octanol–water partition coefficient (Wildman–Crippen LogP) is 4.65. The quantitative estimate of drug-likeness (QED) is 0.183. The number of benzene rings is 2. The van der Waals surface area contributed by atoms with Crippen LogP contribution >= 0.6 is 0 Å². The number of anilines is 3. The monoisotopic (exact) mass is 537 g/mol. The molecular formula is C28H33F2N7O2. The Balaban J connectivity index is 1.46. The summed E-state index contributed by atoms with van der Waals surface area (Å²) in [6.45, 7) is 3.78. The molecule has 4 aromatic rings. The lowest BCUT2D eigenvalue weighted by molar-refractivity contribution is -0.121. The highest BCUT2D eigenvalue weighted by molar-refractivity contribution is 5.76. The van der Waals surface area contributed by atoms with E-state index in [4.69, 9.17) is 10.5 Å². The molecule has 0 fully saturated rings. The third kappa shape index (κ3) is 6.43. The number of imidazole rings is 1. The van der Waals surface area contributed by atoms with Crippen molar-refractivity contribution in [3.63, 3.8) is 0 Å². The van der Waals surface area contributed by atoms with Gasteiger partial charge >= 0.3 is 0 Å². The lowest BCUT2D eigenvalue weighted by Crippen LogP contribution is -2.28. The van der Waals surface area contributed by atoms with Crippen molar-refractivity contribution in [3.8, 4) is 17.0 Å². The van der Waals surface area contributed by atoms with Crippen LogP contribution in [0, 0.1) is 11.6 Å². The maximum absolute atomic E-state index is 14.8. The first-order chi connectivity index (χ1) is 19.0. The first kappa shape index (κ1) is 27.8. The Bertz CT molecular complexity index is 1440. The number of fused-ring (bicyclic) bond motifs is 1. The second-order valence-corrected chi connectivity index (χ2v) is 8.93. The topological polar surface area (TPSA) is 119 Å². The maximum Gasteiger partial charge on any atom is 0.220 e. The molecular weight excluding hydrogens is 504 g/mol. The van der Waals surface area contributed by atoms with Gasteiger partial charge in [-0.15, -0.1) is 0 Å². The van der Waals surface area contributed by atoms with E-state index in [-0.39, 0.29) is 17.2 Å². The van der Waals surface area contributed by atoms with Crippen LogP contribution in [0.4, 0.5) is 26.0 Å². The summed E-state index contributed by atoms with van der Waals surface area (Å²) in [4.78, 5) is 20.7. The van der Waals surface area contributed by atoms with Crippen molar-refractivity contribution in [2.45, 2.75) is 32.6 Å². The highest BCUT2D eigenvalue weighted by Crippen LogP contribution is 2.32. The summed E-state index contributed by atoms with van der Waals surface area (Å²) in [5.74, 6) is -1.73. The van der Waals surface area contributed by atoms with Crippen LogP contribution in [0.3, 0.4) is 0 Å². The van der Waals surface area contributed by atoms with Gasteiger partial charge in [-0.05, 0) is 61.7 Å². The summed E-state index contributed by atoms with van der Waals surface area (Å²) in [5.41, 5.74) is 9.24. The number of halogens is 2. The number of ether oxygens (including phenoxy) is 1. The molecule has 1 amide bonds. The summed E-state index contributed by atoms with van der Waals surface area (Å²) in [6, 6.07) is 8.74. The summed E-state index contributed by atoms with van der Waals surface area (Å²) >= 11 is 0. The van der Waals surface area contributed by atoms with E-state index < -0.39 is 11.6 Å². The lowest BCUT2D eigenvalue weighted by Gasteiger charge is -2.14. The van der Waals surface area contributed by atoms with E-state index >= 15 is 0 Å². The van der Waals surface area contributed by atoms with Gasteiger partial charge < -0.3 is 26.4 Å². The Labute approximate surface area is 225 Å². The molecule has 9 nitrogen and oxygen atoms in total. The van der Waals surface area contributed by atoms with Crippen molar-refractivity contribution in [2.75, 3.05) is 37.4 Å². The van der Waals surface area contributed by atoms with E-state index in [2.05, 4.69) is 32.8 Å². The van der Waals surface area contributed by atoms with E-state index in [1.54, 1.807) is 16.8 Å². The van der Waals surface area contributed by atoms with Gasteiger partial charge in [-0.3, -0.25) is 9.20 Å². The van der Waals surface area contributed by atoms with Gasteiger partial charge in [0.05, 0.1) is 19.0 Å². The van der Waals surface area contributed by atoms with Crippen LogP contribution < -0.4 is 26.4 Å². The number of nitrogens with two attached hydrogens (primary N) is 1. The Morgan fingerprint density at radius 1 is 1.10 bits per heavy atom. The van der Waals surface area contributed by atoms with Crippen molar-refractivity contribution in [3.05, 3.63) is 66.1 Å². The Morgan fingerprint density at radius 3 is 2.72 bits per heavy atom. The number of carbonyl (C=O) groups excluding carboxylic acids is 1. The van der Waals surface area contributed by atoms with Crippen molar-refractivity contribution < 1.29 is 18.3 Å². The minimum absolute atomic E-state index is 0.0317. The molecule has 0 saturated heterocycles. The summed E-state index contributed by atoms with van der Waals surface area (Å²) in [5, 5.41) is 9.58. The van der Waals surface area contributed by atoms with E-state index in [0.717, 1.165) is 36.2 Å². The Kier molecular flexibility index (Phi) is 9.27. The van der Waals surface area contributed by atoms with Gasteiger partial charge in [0, 0.05) is 48.8 Å². The number of rotatable bonds is 13. The SMILES string of the molecule is CCc1cc(Nc2nccn3c(-c4ccc(OC)c(F)c4F)cnc23)ccc1NCCNC(=O)CCCCN. The molecule has 0 bridgehead atoms. The first-order valence-electron chi connectivity index (χ1n) is 12.9. The van der Waals surface area contributed by atoms with Crippen molar-refractivity contribution >= 4 is 28.7 Å². The van der Waals surface area contributed by atoms with Gasteiger partial charge in [-0.2, -0.15) is 4.39 Å². The van der Waals surface area contributed by atoms with Gasteiger partial charge in [-0.1, -0.05) is 6.92 Å². The van der Waals surface area contributed by atoms with Crippen molar-refractivity contribution in [2.24, 2.45) is 5.73 Å². The van der Waals surface area contributed by atoms with Crippen LogP contribution in [-0.2, 0) is 11.2 Å². The summed E-state index contributed by atoms with van der Waals surface area (Å²) in [7, 11) is 1.29. The molecule has 0 unspecified atom stereocenters. The molecule has 0 aliphatic carbocycles. The highest BCUT2D eigenvalue weighted by Gasteiger charge is 2.19. The zero-order chi connectivity index (χ0) is 27.8. The molecule has 2 heterocycles. The number of aromatic nitrogens is 3. The summed E-state index contributed by atoms with van der Waals surface area (Å²) in [6.07, 6.45) is 7.61. The largest absolute Gasteiger partial charge is 0.494 e. The molecule has 0 aliphatic heterocycles. The fourth-order valence-electron chi connectivity index (χ4n) is 4.28. The maximum atomic E-state index is 14.8. The van der Waals surface area contributed by atoms with Crippen LogP contribution in [-0.4, -0.2) is 47.0 Å². The number of aryl methyl sites for hydroxylation is 1. The Hall–Kier alpha value is -4.25. The number of nitrogens with one attached hydrogen (secondary N) is 3. The number of unbranched alkanes of at least 4 members (excludes halogenated alkanes) is 1. The van der Waals surface area contributed by atoms with Crippen LogP contribution in [0.5, 0.6) is 5.75 Å². The molecule has 39 heavy (non-hydrogen) atoms. The first-order valence-corrected chi connectivity index (χ1v) is 12.9. The van der Waals surface area contributed by atoms with Crippen molar-refractivity contribution in [1.29, 1.82) is 0 Å². The number of nitrogens with zero attached hydrogens (tertiary/aromatic N) is 3. The second-order valence-electron chi connectivity index (χ2n) is 8.93. The lowest BCUT2D eigenvalue weighted by atomic mass is 10.1. The normalized spacial score (nSPS) is 11.0. The molecule has 206 valence electrons. The van der Waals surface area contributed by atoms with E-state index in [1.807, 2.05) is 18.2 Å². The predicted molar refractivity (Wildman–Crippen MR) is 148 cm³/mol. The molecule has 11 heteroatoms. The molecule has 2 aromatic heterocycles. The fourth-order valence-corrected chi connectivity index (χ4v) is 4.28. The fraction of sp³-hybridized carbons (Fsp3) is 0.321. The number of hydrogen-bond donors (Lipinski definition) is 4. The highest BCUT2D eigenvalue weighted by atomic mass is 19.2. The van der Waals surface area contributed by atoms with Crippen LogP contribution in [0.2, 0.25) is 0 Å². The molecule has 0 atom stereocenters. The van der Waals surface area contributed by atoms with Gasteiger partial charge in [0.25, 0.3) is 0 Å². The minimum Gasteiger partial charge on any atom is -0.494 e. The molecule has 0 saturated carbocycles.